The molecule has 1 aliphatic carbocycles. The highest BCUT2D eigenvalue weighted by molar-refractivity contribution is 5.10. The van der Waals surface area contributed by atoms with Gasteiger partial charge < -0.3 is 5.73 Å². The van der Waals surface area contributed by atoms with Gasteiger partial charge in [0.2, 0.25) is 0 Å². The minimum absolute atomic E-state index is 0.614. The smallest absolute Gasteiger partial charge is 0.269 e. The SMILES string of the molecule is CC1(C)C(F)(F)CC(N)CC(F)(F)C(C)(C)C1(F)F. The second-order valence-corrected chi connectivity index (χ2v) is 6.40. The summed E-state index contributed by atoms with van der Waals surface area (Å²) < 4.78 is 84.5. The van der Waals surface area contributed by atoms with E-state index >= 15 is 0 Å². The lowest BCUT2D eigenvalue weighted by Crippen LogP contribution is -2.65. The van der Waals surface area contributed by atoms with Crippen LogP contribution in [0.4, 0.5) is 26.3 Å². The minimum atomic E-state index is -4.26. The largest absolute Gasteiger partial charge is 0.327 e. The first-order valence-corrected chi connectivity index (χ1v) is 5.99. The van der Waals surface area contributed by atoms with Gasteiger partial charge in [-0.1, -0.05) is 0 Å². The Labute approximate surface area is 108 Å². The first-order chi connectivity index (χ1) is 8.10. The van der Waals surface area contributed by atoms with Gasteiger partial charge in [0.15, 0.2) is 0 Å². The molecule has 7 heteroatoms. The molecular formula is C12H19F6N. The first-order valence-electron chi connectivity index (χ1n) is 5.99. The van der Waals surface area contributed by atoms with Crippen molar-refractivity contribution in [1.29, 1.82) is 0 Å². The topological polar surface area (TPSA) is 26.0 Å². The van der Waals surface area contributed by atoms with E-state index in [-0.39, 0.29) is 0 Å². The number of hydrogen-bond donors (Lipinski definition) is 1. The lowest BCUT2D eigenvalue weighted by atomic mass is 9.61. The fourth-order valence-corrected chi connectivity index (χ4v) is 2.48. The molecule has 1 aliphatic rings. The van der Waals surface area contributed by atoms with Crippen LogP contribution in [-0.2, 0) is 0 Å². The van der Waals surface area contributed by atoms with Crippen molar-refractivity contribution in [2.45, 2.75) is 64.3 Å². The van der Waals surface area contributed by atoms with E-state index in [0.29, 0.717) is 27.7 Å². The van der Waals surface area contributed by atoms with Gasteiger partial charge in [0.05, 0.1) is 10.8 Å². The van der Waals surface area contributed by atoms with Gasteiger partial charge in [-0.2, -0.15) is 0 Å². The van der Waals surface area contributed by atoms with Crippen LogP contribution in [0, 0.1) is 10.8 Å². The normalized spacial score (nSPS) is 32.4. The van der Waals surface area contributed by atoms with Gasteiger partial charge in [0.25, 0.3) is 17.8 Å². The summed E-state index contributed by atoms with van der Waals surface area (Å²) in [5.74, 6) is -11.9. The fourth-order valence-electron chi connectivity index (χ4n) is 2.48. The quantitative estimate of drug-likeness (QED) is 0.669. The molecule has 114 valence electrons. The molecule has 0 aromatic heterocycles. The van der Waals surface area contributed by atoms with Gasteiger partial charge in [-0.3, -0.25) is 0 Å². The molecule has 1 nitrogen and oxygen atoms in total. The minimum Gasteiger partial charge on any atom is -0.327 e. The number of halogens is 6. The maximum absolute atomic E-state index is 14.3. The first kappa shape index (κ1) is 16.6. The zero-order valence-corrected chi connectivity index (χ0v) is 11.3. The Bertz CT molecular complexity index is 329. The van der Waals surface area contributed by atoms with Crippen LogP contribution < -0.4 is 5.73 Å². The lowest BCUT2D eigenvalue weighted by Gasteiger charge is -2.52. The Balaban J connectivity index is 3.49. The third kappa shape index (κ3) is 2.04. The van der Waals surface area contributed by atoms with Crippen molar-refractivity contribution >= 4 is 0 Å². The van der Waals surface area contributed by atoms with Crippen molar-refractivity contribution in [3.8, 4) is 0 Å². The molecule has 0 aromatic rings. The van der Waals surface area contributed by atoms with E-state index in [1.54, 1.807) is 0 Å². The zero-order valence-electron chi connectivity index (χ0n) is 11.3. The van der Waals surface area contributed by atoms with Crippen molar-refractivity contribution in [3.05, 3.63) is 0 Å². The van der Waals surface area contributed by atoms with Gasteiger partial charge >= 0.3 is 0 Å². The predicted octanol–water partition coefficient (Wildman–Crippen LogP) is 4.07. The van der Waals surface area contributed by atoms with Gasteiger partial charge in [-0.15, -0.1) is 0 Å². The van der Waals surface area contributed by atoms with Crippen LogP contribution in [0.3, 0.4) is 0 Å². The number of alkyl halides is 6. The average molecular weight is 291 g/mol. The molecule has 0 radical (unpaired) electrons. The van der Waals surface area contributed by atoms with Crippen LogP contribution in [0.1, 0.15) is 40.5 Å². The van der Waals surface area contributed by atoms with Crippen LogP contribution in [-0.4, -0.2) is 23.8 Å². The van der Waals surface area contributed by atoms with E-state index in [1.165, 1.54) is 0 Å². The van der Waals surface area contributed by atoms with Crippen LogP contribution in [0.2, 0.25) is 0 Å². The van der Waals surface area contributed by atoms with Crippen molar-refractivity contribution in [2.24, 2.45) is 16.6 Å². The van der Waals surface area contributed by atoms with Crippen molar-refractivity contribution in [3.63, 3.8) is 0 Å². The maximum Gasteiger partial charge on any atom is 0.269 e. The summed E-state index contributed by atoms with van der Waals surface area (Å²) in [6, 6.07) is -1.53. The number of rotatable bonds is 0. The monoisotopic (exact) mass is 291 g/mol. The highest BCUT2D eigenvalue weighted by atomic mass is 19.3. The summed E-state index contributed by atoms with van der Waals surface area (Å²) in [7, 11) is 0. The van der Waals surface area contributed by atoms with Gasteiger partial charge in [-0.05, 0) is 27.7 Å². The molecule has 0 atom stereocenters. The Morgan fingerprint density at radius 2 is 1.00 bits per heavy atom. The van der Waals surface area contributed by atoms with Crippen LogP contribution in [0.5, 0.6) is 0 Å². The summed E-state index contributed by atoms with van der Waals surface area (Å²) >= 11 is 0. The molecule has 0 aromatic carbocycles. The number of hydrogen-bond acceptors (Lipinski definition) is 1. The zero-order chi connectivity index (χ0) is 15.5. The van der Waals surface area contributed by atoms with Crippen LogP contribution in [0.25, 0.3) is 0 Å². The van der Waals surface area contributed by atoms with Crippen LogP contribution in [0.15, 0.2) is 0 Å². The molecule has 1 rings (SSSR count). The van der Waals surface area contributed by atoms with E-state index < -0.39 is 47.5 Å². The Kier molecular flexibility index (Phi) is 3.51. The maximum atomic E-state index is 14.3. The molecule has 19 heavy (non-hydrogen) atoms. The molecule has 2 N–H and O–H groups in total. The van der Waals surface area contributed by atoms with Crippen molar-refractivity contribution in [2.75, 3.05) is 0 Å². The molecular weight excluding hydrogens is 272 g/mol. The predicted molar refractivity (Wildman–Crippen MR) is 59.6 cm³/mol. The second kappa shape index (κ2) is 4.02. The molecule has 1 saturated carbocycles. The summed E-state index contributed by atoms with van der Waals surface area (Å²) in [4.78, 5) is 0. The van der Waals surface area contributed by atoms with Crippen molar-refractivity contribution < 1.29 is 26.3 Å². The number of nitrogens with two attached hydrogens (primary N) is 1. The summed E-state index contributed by atoms with van der Waals surface area (Å²) in [6.45, 7) is 2.46. The van der Waals surface area contributed by atoms with Gasteiger partial charge in [0.1, 0.15) is 0 Å². The van der Waals surface area contributed by atoms with E-state index in [9.17, 15) is 26.3 Å². The molecule has 0 unspecified atom stereocenters. The molecule has 0 amide bonds. The van der Waals surface area contributed by atoms with E-state index in [0.717, 1.165) is 0 Å². The van der Waals surface area contributed by atoms with Crippen LogP contribution >= 0.6 is 0 Å². The molecule has 1 fully saturated rings. The molecule has 0 bridgehead atoms. The molecule has 0 spiro atoms. The van der Waals surface area contributed by atoms with E-state index in [4.69, 9.17) is 5.73 Å². The Morgan fingerprint density at radius 3 is 1.26 bits per heavy atom. The van der Waals surface area contributed by atoms with E-state index in [2.05, 4.69) is 0 Å². The second-order valence-electron chi connectivity index (χ2n) is 6.40. The molecule has 0 heterocycles. The summed E-state index contributed by atoms with van der Waals surface area (Å²) in [5, 5.41) is 0. The van der Waals surface area contributed by atoms with Gasteiger partial charge in [0, 0.05) is 18.9 Å². The fraction of sp³-hybridized carbons (Fsp3) is 1.00. The summed E-state index contributed by atoms with van der Waals surface area (Å²) in [5.41, 5.74) is -0.542. The molecule has 0 saturated heterocycles. The highest BCUT2D eigenvalue weighted by Crippen LogP contribution is 2.63. The average Bonchev–Trinajstić information content (AvgIpc) is 2.12. The van der Waals surface area contributed by atoms with Crippen molar-refractivity contribution in [1.82, 2.24) is 0 Å². The highest BCUT2D eigenvalue weighted by Gasteiger charge is 2.74. The standard InChI is InChI=1S/C12H19F6N/c1-8(2)10(13,14)5-7(19)6-11(15,16)9(3,4)12(8,17)18/h7H,5-6,19H2,1-4H3. The Hall–Kier alpha value is -0.460. The van der Waals surface area contributed by atoms with Gasteiger partial charge in [-0.25, -0.2) is 26.3 Å². The molecule has 0 aliphatic heterocycles. The lowest BCUT2D eigenvalue weighted by molar-refractivity contribution is -0.323. The Morgan fingerprint density at radius 1 is 0.737 bits per heavy atom. The third-order valence-electron chi connectivity index (χ3n) is 4.44. The van der Waals surface area contributed by atoms with E-state index in [1.807, 2.05) is 0 Å². The summed E-state index contributed by atoms with van der Waals surface area (Å²) in [6.07, 6.45) is -2.36. The third-order valence-corrected chi connectivity index (χ3v) is 4.44.